The van der Waals surface area contributed by atoms with E-state index < -0.39 is 0 Å². The summed E-state index contributed by atoms with van der Waals surface area (Å²) in [6.45, 7) is 3.63. The Bertz CT molecular complexity index is 657. The van der Waals surface area contributed by atoms with Gasteiger partial charge in [0.25, 0.3) is 0 Å². The number of benzene rings is 1. The summed E-state index contributed by atoms with van der Waals surface area (Å²) in [4.78, 5) is 16.2. The topological polar surface area (TPSA) is 44.4 Å². The van der Waals surface area contributed by atoms with Crippen LogP contribution in [0, 0.1) is 5.92 Å². The van der Waals surface area contributed by atoms with E-state index in [4.69, 9.17) is 0 Å². The Morgan fingerprint density at radius 3 is 2.56 bits per heavy atom. The van der Waals surface area contributed by atoms with Gasteiger partial charge in [0.2, 0.25) is 5.91 Å². The van der Waals surface area contributed by atoms with Gasteiger partial charge >= 0.3 is 0 Å². The molecule has 1 aromatic heterocycles. The average Bonchev–Trinajstić information content (AvgIpc) is 3.21. The Balaban J connectivity index is 0.00000261. The van der Waals surface area contributed by atoms with Gasteiger partial charge in [0.05, 0.1) is 12.6 Å². The highest BCUT2D eigenvalue weighted by Crippen LogP contribution is 2.26. The van der Waals surface area contributed by atoms with Crippen LogP contribution in [0.1, 0.15) is 35.7 Å². The number of piperidine rings is 1. The first-order chi connectivity index (χ1) is 12.8. The first kappa shape index (κ1) is 21.9. The number of carbonyl (C=O) groups is 1. The lowest BCUT2D eigenvalue weighted by molar-refractivity contribution is -0.123. The number of amides is 1. The number of nitrogens with one attached hydrogen (secondary N) is 2. The predicted molar refractivity (Wildman–Crippen MR) is 116 cm³/mol. The largest absolute Gasteiger partial charge is 0.343 e. The molecule has 1 aromatic carbocycles. The Kier molecular flexibility index (Phi) is 9.28. The number of hydrogen-bond donors (Lipinski definition) is 2. The third kappa shape index (κ3) is 6.61. The smallest absolute Gasteiger partial charge is 0.234 e. The zero-order valence-corrected chi connectivity index (χ0v) is 17.5. The Morgan fingerprint density at radius 2 is 1.93 bits per heavy atom. The lowest BCUT2D eigenvalue weighted by atomic mass is 9.93. The summed E-state index contributed by atoms with van der Waals surface area (Å²) in [5.74, 6) is 0.908. The van der Waals surface area contributed by atoms with E-state index in [-0.39, 0.29) is 24.4 Å². The summed E-state index contributed by atoms with van der Waals surface area (Å²) in [6.07, 6.45) is 3.63. The summed E-state index contributed by atoms with van der Waals surface area (Å²) >= 11 is 1.69. The third-order valence-electron chi connectivity index (χ3n) is 5.14. The minimum Gasteiger partial charge on any atom is -0.343 e. The summed E-state index contributed by atoms with van der Waals surface area (Å²) in [5.41, 5.74) is 1.13. The van der Waals surface area contributed by atoms with Crippen LogP contribution in [0.15, 0.2) is 47.8 Å². The zero-order valence-electron chi connectivity index (χ0n) is 15.9. The third-order valence-corrected chi connectivity index (χ3v) is 6.08. The van der Waals surface area contributed by atoms with Crippen LogP contribution in [0.25, 0.3) is 0 Å². The fourth-order valence-corrected chi connectivity index (χ4v) is 4.41. The molecule has 2 N–H and O–H groups in total. The predicted octanol–water partition coefficient (Wildman–Crippen LogP) is 3.70. The van der Waals surface area contributed by atoms with Crippen LogP contribution in [0.5, 0.6) is 0 Å². The molecule has 1 aliphatic heterocycles. The number of halogens is 1. The van der Waals surface area contributed by atoms with E-state index in [2.05, 4.69) is 39.1 Å². The van der Waals surface area contributed by atoms with E-state index in [9.17, 15) is 4.79 Å². The quantitative estimate of drug-likeness (QED) is 0.701. The molecular formula is C21H30ClN3OS. The minimum atomic E-state index is -0.0585. The van der Waals surface area contributed by atoms with Gasteiger partial charge in [-0.1, -0.05) is 36.4 Å². The van der Waals surface area contributed by atoms with Crippen LogP contribution < -0.4 is 10.6 Å². The van der Waals surface area contributed by atoms with E-state index in [0.717, 1.165) is 31.1 Å². The fourth-order valence-electron chi connectivity index (χ4n) is 3.61. The van der Waals surface area contributed by atoms with E-state index in [1.54, 1.807) is 11.3 Å². The molecule has 27 heavy (non-hydrogen) atoms. The van der Waals surface area contributed by atoms with Crippen molar-refractivity contribution >= 4 is 29.7 Å². The van der Waals surface area contributed by atoms with Gasteiger partial charge in [-0.15, -0.1) is 23.7 Å². The van der Waals surface area contributed by atoms with Crippen molar-refractivity contribution in [1.82, 2.24) is 15.5 Å². The molecule has 1 amide bonds. The molecule has 4 nitrogen and oxygen atoms in total. The van der Waals surface area contributed by atoms with E-state index in [1.807, 2.05) is 31.3 Å². The van der Waals surface area contributed by atoms with Gasteiger partial charge in [-0.3, -0.25) is 9.69 Å². The highest BCUT2D eigenvalue weighted by molar-refractivity contribution is 7.10. The zero-order chi connectivity index (χ0) is 18.2. The Labute approximate surface area is 172 Å². The lowest BCUT2D eigenvalue weighted by Gasteiger charge is -2.32. The molecule has 3 rings (SSSR count). The van der Waals surface area contributed by atoms with Crippen molar-refractivity contribution in [2.45, 2.75) is 25.3 Å². The first-order valence-corrected chi connectivity index (χ1v) is 10.4. The number of carbonyl (C=O) groups excluding carboxylic acids is 1. The van der Waals surface area contributed by atoms with Crippen LogP contribution in [0.2, 0.25) is 0 Å². The Hall–Kier alpha value is -1.40. The highest BCUT2D eigenvalue weighted by Gasteiger charge is 2.23. The molecule has 1 fully saturated rings. The molecule has 0 bridgehead atoms. The number of hydrogen-bond acceptors (Lipinski definition) is 4. The number of rotatable bonds is 8. The number of thiophene rings is 1. The minimum absolute atomic E-state index is 0. The van der Waals surface area contributed by atoms with Crippen LogP contribution in [0.4, 0.5) is 0 Å². The molecule has 1 aliphatic rings. The SMILES string of the molecule is CNCCC1CCN(CC(=O)NC(c2ccccc2)c2cccs2)CC1.Cl. The second kappa shape index (κ2) is 11.4. The van der Waals surface area contributed by atoms with Gasteiger partial charge in [-0.05, 0) is 68.9 Å². The number of likely N-dealkylation sites (tertiary alicyclic amines) is 1. The van der Waals surface area contributed by atoms with E-state index >= 15 is 0 Å². The van der Waals surface area contributed by atoms with Crippen LogP contribution in [-0.4, -0.2) is 44.0 Å². The van der Waals surface area contributed by atoms with Crippen molar-refractivity contribution in [2.75, 3.05) is 33.2 Å². The monoisotopic (exact) mass is 407 g/mol. The van der Waals surface area contributed by atoms with Gasteiger partial charge in [0, 0.05) is 4.88 Å². The molecule has 148 valence electrons. The second-order valence-electron chi connectivity index (χ2n) is 7.04. The molecule has 2 heterocycles. The van der Waals surface area contributed by atoms with E-state index in [1.165, 1.54) is 24.1 Å². The molecule has 0 aliphatic carbocycles. The normalized spacial score (nSPS) is 16.5. The fraction of sp³-hybridized carbons (Fsp3) is 0.476. The maximum absolute atomic E-state index is 12.7. The van der Waals surface area contributed by atoms with Crippen molar-refractivity contribution in [3.63, 3.8) is 0 Å². The summed E-state index contributed by atoms with van der Waals surface area (Å²) in [7, 11) is 2.01. The van der Waals surface area contributed by atoms with Crippen molar-refractivity contribution < 1.29 is 4.79 Å². The van der Waals surface area contributed by atoms with E-state index in [0.29, 0.717) is 6.54 Å². The molecule has 2 aromatic rings. The van der Waals surface area contributed by atoms with Crippen molar-refractivity contribution in [3.8, 4) is 0 Å². The highest BCUT2D eigenvalue weighted by atomic mass is 35.5. The standard InChI is InChI=1S/C21H29N3OS.ClH/c1-22-12-9-17-10-13-24(14-11-17)16-20(25)23-21(19-8-5-15-26-19)18-6-3-2-4-7-18;/h2-8,15,17,21-22H,9-14,16H2,1H3,(H,23,25);1H. The summed E-state index contributed by atoms with van der Waals surface area (Å²) in [6, 6.07) is 14.3. The lowest BCUT2D eigenvalue weighted by Crippen LogP contribution is -2.42. The Morgan fingerprint density at radius 1 is 1.19 bits per heavy atom. The van der Waals surface area contributed by atoms with Crippen LogP contribution >= 0.6 is 23.7 Å². The molecule has 0 spiro atoms. The molecule has 0 radical (unpaired) electrons. The van der Waals surface area contributed by atoms with Crippen LogP contribution in [0.3, 0.4) is 0 Å². The second-order valence-corrected chi connectivity index (χ2v) is 8.02. The van der Waals surface area contributed by atoms with Crippen molar-refractivity contribution in [3.05, 3.63) is 58.3 Å². The first-order valence-electron chi connectivity index (χ1n) is 9.51. The molecule has 1 unspecified atom stereocenters. The molecular weight excluding hydrogens is 378 g/mol. The summed E-state index contributed by atoms with van der Waals surface area (Å²) < 4.78 is 0. The molecule has 1 atom stereocenters. The van der Waals surface area contributed by atoms with Crippen LogP contribution in [-0.2, 0) is 4.79 Å². The maximum Gasteiger partial charge on any atom is 0.234 e. The summed E-state index contributed by atoms with van der Waals surface area (Å²) in [5, 5.41) is 8.54. The van der Waals surface area contributed by atoms with Gasteiger partial charge in [-0.2, -0.15) is 0 Å². The average molecular weight is 408 g/mol. The molecule has 6 heteroatoms. The van der Waals surface area contributed by atoms with Gasteiger partial charge in [0.1, 0.15) is 0 Å². The van der Waals surface area contributed by atoms with Gasteiger partial charge < -0.3 is 10.6 Å². The molecule has 1 saturated heterocycles. The maximum atomic E-state index is 12.7. The molecule has 0 saturated carbocycles. The van der Waals surface area contributed by atoms with Crippen molar-refractivity contribution in [1.29, 1.82) is 0 Å². The van der Waals surface area contributed by atoms with Gasteiger partial charge in [0.15, 0.2) is 0 Å². The number of nitrogens with zero attached hydrogens (tertiary/aromatic N) is 1. The van der Waals surface area contributed by atoms with Crippen molar-refractivity contribution in [2.24, 2.45) is 5.92 Å². The van der Waals surface area contributed by atoms with Gasteiger partial charge in [-0.25, -0.2) is 0 Å².